The van der Waals surface area contributed by atoms with Gasteiger partial charge in [0.25, 0.3) is 5.56 Å². The van der Waals surface area contributed by atoms with Crippen LogP contribution in [-0.4, -0.2) is 15.3 Å². The van der Waals surface area contributed by atoms with Crippen LogP contribution in [0.2, 0.25) is 0 Å². The van der Waals surface area contributed by atoms with Crippen molar-refractivity contribution in [2.24, 2.45) is 0 Å². The van der Waals surface area contributed by atoms with Crippen LogP contribution in [0.5, 0.6) is 0 Å². The minimum absolute atomic E-state index is 0.0203. The highest BCUT2D eigenvalue weighted by atomic mass is 32.2. The second-order valence-corrected chi connectivity index (χ2v) is 10.1. The highest BCUT2D eigenvalue weighted by molar-refractivity contribution is 7.99. The molecule has 0 unspecified atom stereocenters. The van der Waals surface area contributed by atoms with Gasteiger partial charge in [0, 0.05) is 23.3 Å². The standard InChI is InChI=1S/C28H30N2OS/c1-2-19-32-26-27(31)30(18-15-21-11-5-3-6-12-21)25-24(29-26)23-14-8-7-13-22(23)20-28(25)16-9-4-10-17-28/h2-3,5-8,11-14H,1,4,9-10,15-20H2. The average Bonchev–Trinajstić information content (AvgIpc) is 2.83. The first-order chi connectivity index (χ1) is 15.7. The van der Waals surface area contributed by atoms with Crippen LogP contribution in [0.15, 0.2) is 77.1 Å². The van der Waals surface area contributed by atoms with Crippen molar-refractivity contribution in [1.29, 1.82) is 0 Å². The van der Waals surface area contributed by atoms with Gasteiger partial charge in [-0.15, -0.1) is 6.58 Å². The molecule has 4 heteroatoms. The quantitative estimate of drug-likeness (QED) is 0.337. The Morgan fingerprint density at radius 2 is 1.78 bits per heavy atom. The van der Waals surface area contributed by atoms with E-state index in [1.54, 1.807) is 0 Å². The molecule has 1 aromatic heterocycles. The molecule has 1 fully saturated rings. The summed E-state index contributed by atoms with van der Waals surface area (Å²) in [5.41, 5.74) is 6.16. The molecule has 32 heavy (non-hydrogen) atoms. The average molecular weight is 443 g/mol. The number of rotatable bonds is 6. The molecule has 0 bridgehead atoms. The van der Waals surface area contributed by atoms with Crippen molar-refractivity contribution in [2.45, 2.75) is 61.9 Å². The fourth-order valence-electron chi connectivity index (χ4n) is 5.60. The summed E-state index contributed by atoms with van der Waals surface area (Å²) in [5.74, 6) is 0.687. The van der Waals surface area contributed by atoms with Crippen LogP contribution in [0.25, 0.3) is 11.3 Å². The molecule has 0 atom stereocenters. The highest BCUT2D eigenvalue weighted by Crippen LogP contribution is 2.49. The van der Waals surface area contributed by atoms with Crippen molar-refractivity contribution in [2.75, 3.05) is 5.75 Å². The van der Waals surface area contributed by atoms with E-state index in [0.717, 1.165) is 31.4 Å². The zero-order chi connectivity index (χ0) is 22.0. The summed E-state index contributed by atoms with van der Waals surface area (Å²) >= 11 is 1.50. The second kappa shape index (κ2) is 9.11. The van der Waals surface area contributed by atoms with Gasteiger partial charge >= 0.3 is 0 Å². The summed E-state index contributed by atoms with van der Waals surface area (Å²) in [6.07, 6.45) is 9.72. The molecule has 0 amide bonds. The maximum absolute atomic E-state index is 13.8. The first-order valence-corrected chi connectivity index (χ1v) is 12.7. The van der Waals surface area contributed by atoms with Crippen LogP contribution in [0.1, 0.15) is 48.9 Å². The Hall–Kier alpha value is -2.59. The molecule has 1 saturated carbocycles. The number of nitrogens with zero attached hydrogens (tertiary/aromatic N) is 2. The van der Waals surface area contributed by atoms with Gasteiger partial charge in [-0.05, 0) is 36.8 Å². The molecule has 164 valence electrons. The Morgan fingerprint density at radius 1 is 1.03 bits per heavy atom. The van der Waals surface area contributed by atoms with Crippen molar-refractivity contribution in [3.05, 3.63) is 94.4 Å². The second-order valence-electron chi connectivity index (χ2n) is 9.08. The van der Waals surface area contributed by atoms with Gasteiger partial charge in [0.05, 0.1) is 11.4 Å². The predicted molar refractivity (Wildman–Crippen MR) is 133 cm³/mol. The van der Waals surface area contributed by atoms with Gasteiger partial charge in [0.1, 0.15) is 0 Å². The van der Waals surface area contributed by atoms with Crippen LogP contribution in [0, 0.1) is 0 Å². The summed E-state index contributed by atoms with van der Waals surface area (Å²) in [7, 11) is 0. The van der Waals surface area contributed by atoms with E-state index in [-0.39, 0.29) is 11.0 Å². The van der Waals surface area contributed by atoms with E-state index < -0.39 is 0 Å². The summed E-state index contributed by atoms with van der Waals surface area (Å²) < 4.78 is 2.10. The number of hydrogen-bond donors (Lipinski definition) is 0. The van der Waals surface area contributed by atoms with E-state index in [0.29, 0.717) is 17.3 Å². The van der Waals surface area contributed by atoms with Crippen LogP contribution in [0.3, 0.4) is 0 Å². The first kappa shape index (κ1) is 21.3. The highest BCUT2D eigenvalue weighted by Gasteiger charge is 2.43. The monoisotopic (exact) mass is 442 g/mol. The van der Waals surface area contributed by atoms with Crippen molar-refractivity contribution < 1.29 is 0 Å². The van der Waals surface area contributed by atoms with Crippen molar-refractivity contribution in [1.82, 2.24) is 9.55 Å². The van der Waals surface area contributed by atoms with E-state index in [4.69, 9.17) is 4.98 Å². The molecule has 0 saturated heterocycles. The third-order valence-corrected chi connectivity index (χ3v) is 8.00. The smallest absolute Gasteiger partial charge is 0.283 e. The van der Waals surface area contributed by atoms with Gasteiger partial charge in [-0.2, -0.15) is 0 Å². The Labute approximate surface area is 194 Å². The number of fused-ring (bicyclic) bond motifs is 4. The SMILES string of the molecule is C=CCSc1nc2c(n(CCc3ccccc3)c1=O)C1(CCCCC1)Cc1ccccc1-2. The molecule has 0 aliphatic heterocycles. The largest absolute Gasteiger partial charge is 0.307 e. The summed E-state index contributed by atoms with van der Waals surface area (Å²) in [5, 5.41) is 0.597. The van der Waals surface area contributed by atoms with Crippen molar-refractivity contribution in [3.63, 3.8) is 0 Å². The fraction of sp³-hybridized carbons (Fsp3) is 0.357. The predicted octanol–water partition coefficient (Wildman–Crippen LogP) is 6.19. The molecule has 2 aliphatic carbocycles. The molecule has 5 rings (SSSR count). The van der Waals surface area contributed by atoms with Gasteiger partial charge in [0.2, 0.25) is 0 Å². The molecular formula is C28H30N2OS. The topological polar surface area (TPSA) is 34.9 Å². The molecule has 3 aromatic rings. The van der Waals surface area contributed by atoms with Gasteiger partial charge in [-0.3, -0.25) is 4.79 Å². The van der Waals surface area contributed by atoms with E-state index >= 15 is 0 Å². The zero-order valence-corrected chi connectivity index (χ0v) is 19.4. The molecular weight excluding hydrogens is 412 g/mol. The lowest BCUT2D eigenvalue weighted by atomic mass is 9.64. The maximum Gasteiger partial charge on any atom is 0.283 e. The van der Waals surface area contributed by atoms with Crippen LogP contribution in [0.4, 0.5) is 0 Å². The van der Waals surface area contributed by atoms with Crippen LogP contribution >= 0.6 is 11.8 Å². The first-order valence-electron chi connectivity index (χ1n) is 11.7. The van der Waals surface area contributed by atoms with E-state index in [9.17, 15) is 4.79 Å². The normalized spacial score (nSPS) is 16.4. The molecule has 1 spiro atoms. The number of aryl methyl sites for hydroxylation is 1. The Balaban J connectivity index is 1.71. The fourth-order valence-corrected chi connectivity index (χ4v) is 6.26. The van der Waals surface area contributed by atoms with Crippen LogP contribution in [-0.2, 0) is 24.8 Å². The number of thioether (sulfide) groups is 1. The van der Waals surface area contributed by atoms with Gasteiger partial charge in [-0.1, -0.05) is 91.7 Å². The minimum Gasteiger partial charge on any atom is -0.307 e. The van der Waals surface area contributed by atoms with Gasteiger partial charge in [0.15, 0.2) is 5.03 Å². The molecule has 0 radical (unpaired) electrons. The third kappa shape index (κ3) is 3.86. The van der Waals surface area contributed by atoms with E-state index in [2.05, 4.69) is 59.7 Å². The molecule has 2 aliphatic rings. The third-order valence-electron chi connectivity index (χ3n) is 7.05. The Bertz CT molecular complexity index is 1180. The van der Waals surface area contributed by atoms with Crippen LogP contribution < -0.4 is 5.56 Å². The Kier molecular flexibility index (Phi) is 6.05. The van der Waals surface area contributed by atoms with Gasteiger partial charge in [-0.25, -0.2) is 4.98 Å². The molecule has 1 heterocycles. The number of benzene rings is 2. The number of aromatic nitrogens is 2. The summed E-state index contributed by atoms with van der Waals surface area (Å²) in [6, 6.07) is 19.2. The van der Waals surface area contributed by atoms with Crippen molar-refractivity contribution >= 4 is 11.8 Å². The van der Waals surface area contributed by atoms with E-state index in [1.165, 1.54) is 53.4 Å². The lowest BCUT2D eigenvalue weighted by Crippen LogP contribution is -2.42. The lowest BCUT2D eigenvalue weighted by molar-refractivity contribution is 0.267. The Morgan fingerprint density at radius 3 is 2.56 bits per heavy atom. The summed E-state index contributed by atoms with van der Waals surface area (Å²) in [6.45, 7) is 4.53. The minimum atomic E-state index is 0.0203. The lowest BCUT2D eigenvalue weighted by Gasteiger charge is -2.43. The van der Waals surface area contributed by atoms with Gasteiger partial charge < -0.3 is 4.57 Å². The van der Waals surface area contributed by atoms with E-state index in [1.807, 2.05) is 12.1 Å². The zero-order valence-electron chi connectivity index (χ0n) is 18.6. The molecule has 0 N–H and O–H groups in total. The van der Waals surface area contributed by atoms with Crippen molar-refractivity contribution in [3.8, 4) is 11.3 Å². The summed E-state index contributed by atoms with van der Waals surface area (Å²) in [4.78, 5) is 18.8. The molecule has 3 nitrogen and oxygen atoms in total. The maximum atomic E-state index is 13.8. The molecule has 2 aromatic carbocycles. The number of hydrogen-bond acceptors (Lipinski definition) is 3.